The Labute approximate surface area is 184 Å². The first-order valence-electron chi connectivity index (χ1n) is 11.0. The van der Waals surface area contributed by atoms with Crippen molar-refractivity contribution in [2.75, 3.05) is 13.2 Å². The maximum absolute atomic E-state index is 13.0. The molecule has 3 rings (SSSR count). The summed E-state index contributed by atoms with van der Waals surface area (Å²) in [5.74, 6) is -0.402. The van der Waals surface area contributed by atoms with Crippen LogP contribution in [0.1, 0.15) is 69.2 Å². The number of carbonyl (C=O) groups is 2. The number of aliphatic hydroxyl groups excluding tert-OH is 1. The zero-order chi connectivity index (χ0) is 22.5. The van der Waals surface area contributed by atoms with E-state index in [1.165, 1.54) is 0 Å². The third-order valence-corrected chi connectivity index (χ3v) is 5.61. The van der Waals surface area contributed by atoms with Crippen LogP contribution < -0.4 is 4.74 Å². The van der Waals surface area contributed by atoms with E-state index < -0.39 is 17.7 Å². The van der Waals surface area contributed by atoms with Gasteiger partial charge in [-0.2, -0.15) is 0 Å². The van der Waals surface area contributed by atoms with E-state index in [4.69, 9.17) is 4.74 Å². The van der Waals surface area contributed by atoms with E-state index in [9.17, 15) is 14.7 Å². The number of Topliss-reactive ketones (excluding diaryl/α,β-unsaturated/α-hetero) is 1. The minimum Gasteiger partial charge on any atom is -0.507 e. The van der Waals surface area contributed by atoms with Gasteiger partial charge in [0.1, 0.15) is 11.5 Å². The first-order valence-corrected chi connectivity index (χ1v) is 11.0. The zero-order valence-electron chi connectivity index (χ0n) is 18.7. The average Bonchev–Trinajstić information content (AvgIpc) is 3.02. The Morgan fingerprint density at radius 1 is 1.10 bits per heavy atom. The van der Waals surface area contributed by atoms with Gasteiger partial charge in [-0.3, -0.25) is 9.59 Å². The van der Waals surface area contributed by atoms with Gasteiger partial charge in [0.05, 0.1) is 18.2 Å². The van der Waals surface area contributed by atoms with Gasteiger partial charge in [0, 0.05) is 12.1 Å². The summed E-state index contributed by atoms with van der Waals surface area (Å²) in [5.41, 5.74) is 2.42. The maximum Gasteiger partial charge on any atom is 0.295 e. The first kappa shape index (κ1) is 22.6. The summed E-state index contributed by atoms with van der Waals surface area (Å²) >= 11 is 0. The summed E-state index contributed by atoms with van der Waals surface area (Å²) in [6.45, 7) is 9.08. The largest absolute Gasteiger partial charge is 0.507 e. The maximum atomic E-state index is 13.0. The molecule has 1 atom stereocenters. The monoisotopic (exact) mass is 421 g/mol. The van der Waals surface area contributed by atoms with Gasteiger partial charge in [0.15, 0.2) is 0 Å². The van der Waals surface area contributed by atoms with Crippen LogP contribution in [-0.4, -0.2) is 34.8 Å². The number of likely N-dealkylation sites (tertiary alicyclic amines) is 1. The number of amides is 1. The Hall–Kier alpha value is -3.08. The van der Waals surface area contributed by atoms with Crippen molar-refractivity contribution >= 4 is 17.4 Å². The number of unbranched alkanes of at least 4 members (excludes halogenated alkanes) is 1. The van der Waals surface area contributed by atoms with Crippen LogP contribution in [0.5, 0.6) is 5.75 Å². The van der Waals surface area contributed by atoms with E-state index in [0.29, 0.717) is 18.7 Å². The van der Waals surface area contributed by atoms with Gasteiger partial charge >= 0.3 is 0 Å². The quantitative estimate of drug-likeness (QED) is 0.351. The van der Waals surface area contributed by atoms with Gasteiger partial charge in [-0.1, -0.05) is 57.5 Å². The Balaban J connectivity index is 2.15. The number of hydrogen-bond donors (Lipinski definition) is 1. The van der Waals surface area contributed by atoms with Gasteiger partial charge in [-0.15, -0.1) is 0 Å². The number of carbonyl (C=O) groups excluding carboxylic acids is 2. The summed E-state index contributed by atoms with van der Waals surface area (Å²) in [5, 5.41) is 11.2. The third-order valence-electron chi connectivity index (χ3n) is 5.61. The van der Waals surface area contributed by atoms with Gasteiger partial charge in [-0.05, 0) is 48.6 Å². The van der Waals surface area contributed by atoms with E-state index in [0.717, 1.165) is 29.7 Å². The van der Waals surface area contributed by atoms with Crippen molar-refractivity contribution in [3.63, 3.8) is 0 Å². The topological polar surface area (TPSA) is 66.8 Å². The molecule has 2 aromatic carbocycles. The zero-order valence-corrected chi connectivity index (χ0v) is 18.7. The number of aliphatic hydroxyl groups is 1. The Bertz CT molecular complexity index is 978. The van der Waals surface area contributed by atoms with Crippen molar-refractivity contribution in [2.45, 2.75) is 52.5 Å². The predicted molar refractivity (Wildman–Crippen MR) is 122 cm³/mol. The Morgan fingerprint density at radius 3 is 2.42 bits per heavy atom. The van der Waals surface area contributed by atoms with Crippen molar-refractivity contribution in [3.05, 3.63) is 70.8 Å². The lowest BCUT2D eigenvalue weighted by atomic mass is 9.93. The molecule has 2 aromatic rings. The van der Waals surface area contributed by atoms with Crippen molar-refractivity contribution in [1.29, 1.82) is 0 Å². The van der Waals surface area contributed by atoms with E-state index in [2.05, 4.69) is 13.8 Å². The number of nitrogens with zero attached hydrogens (tertiary/aromatic N) is 1. The lowest BCUT2D eigenvalue weighted by molar-refractivity contribution is -0.139. The molecule has 0 radical (unpaired) electrons. The van der Waals surface area contributed by atoms with E-state index in [-0.39, 0.29) is 17.3 Å². The second kappa shape index (κ2) is 9.82. The predicted octanol–water partition coefficient (Wildman–Crippen LogP) is 5.43. The molecule has 0 aliphatic carbocycles. The highest BCUT2D eigenvalue weighted by atomic mass is 16.5. The molecule has 1 saturated heterocycles. The summed E-state index contributed by atoms with van der Waals surface area (Å²) < 4.78 is 5.72. The fourth-order valence-corrected chi connectivity index (χ4v) is 4.01. The fourth-order valence-electron chi connectivity index (χ4n) is 4.01. The van der Waals surface area contributed by atoms with E-state index in [1.54, 1.807) is 11.0 Å². The van der Waals surface area contributed by atoms with Crippen molar-refractivity contribution in [2.24, 2.45) is 0 Å². The molecule has 5 nitrogen and oxygen atoms in total. The van der Waals surface area contributed by atoms with Crippen LogP contribution >= 0.6 is 0 Å². The molecule has 0 aromatic heterocycles. The van der Waals surface area contributed by atoms with Crippen LogP contribution in [0.2, 0.25) is 0 Å². The molecular weight excluding hydrogens is 390 g/mol. The number of ketones is 1. The van der Waals surface area contributed by atoms with Crippen molar-refractivity contribution in [1.82, 2.24) is 4.90 Å². The van der Waals surface area contributed by atoms with Crippen molar-refractivity contribution in [3.8, 4) is 5.75 Å². The van der Waals surface area contributed by atoms with Crippen molar-refractivity contribution < 1.29 is 19.4 Å². The second-order valence-electron chi connectivity index (χ2n) is 8.10. The van der Waals surface area contributed by atoms with Gasteiger partial charge in [-0.25, -0.2) is 0 Å². The van der Waals surface area contributed by atoms with Gasteiger partial charge in [0.2, 0.25) is 0 Å². The van der Waals surface area contributed by atoms with Crippen LogP contribution in [0.4, 0.5) is 0 Å². The molecule has 164 valence electrons. The van der Waals surface area contributed by atoms with Crippen LogP contribution in [0.15, 0.2) is 54.1 Å². The van der Waals surface area contributed by atoms with Gasteiger partial charge < -0.3 is 14.7 Å². The highest BCUT2D eigenvalue weighted by molar-refractivity contribution is 6.46. The minimum absolute atomic E-state index is 0.142. The summed E-state index contributed by atoms with van der Waals surface area (Å²) in [7, 11) is 0. The molecular formula is C26H31NO4. The molecule has 31 heavy (non-hydrogen) atoms. The number of hydrogen-bond acceptors (Lipinski definition) is 4. The number of benzene rings is 2. The fraction of sp³-hybridized carbons (Fsp3) is 0.385. The number of ether oxygens (including phenoxy) is 1. The lowest BCUT2D eigenvalue weighted by Gasteiger charge is -2.25. The molecule has 1 N–H and O–H groups in total. The molecule has 1 aliphatic rings. The Morgan fingerprint density at radius 2 is 1.81 bits per heavy atom. The first-order chi connectivity index (χ1) is 14.9. The van der Waals surface area contributed by atoms with Gasteiger partial charge in [0.25, 0.3) is 11.7 Å². The molecule has 1 fully saturated rings. The molecule has 5 heteroatoms. The third kappa shape index (κ3) is 4.50. The summed E-state index contributed by atoms with van der Waals surface area (Å²) in [6, 6.07) is 14.2. The van der Waals surface area contributed by atoms with E-state index >= 15 is 0 Å². The van der Waals surface area contributed by atoms with Crippen LogP contribution in [0, 0.1) is 0 Å². The summed E-state index contributed by atoms with van der Waals surface area (Å²) in [4.78, 5) is 27.5. The second-order valence-corrected chi connectivity index (χ2v) is 8.10. The lowest BCUT2D eigenvalue weighted by Crippen LogP contribution is -2.30. The average molecular weight is 422 g/mol. The smallest absolute Gasteiger partial charge is 0.295 e. The number of rotatable bonds is 8. The molecule has 1 aliphatic heterocycles. The molecule has 0 spiro atoms. The summed E-state index contributed by atoms with van der Waals surface area (Å²) in [6.07, 6.45) is 1.69. The molecule has 1 heterocycles. The standard InChI is InChI=1S/C26H31NO4/c1-5-7-15-27-23(18-11-9-8-10-12-18)22(25(29)26(27)30)24(28)19-13-14-21(31-6-2)20(16-19)17(3)4/h8-14,16-17,23,28H,5-7,15H2,1-4H3/b24-22-. The van der Waals surface area contributed by atoms with Crippen LogP contribution in [-0.2, 0) is 9.59 Å². The normalized spacial score (nSPS) is 18.1. The SMILES string of the molecule is CCCCN1C(=O)C(=O)/C(=C(\O)c2ccc(OCC)c(C(C)C)c2)C1c1ccccc1. The Kier molecular flexibility index (Phi) is 7.16. The van der Waals surface area contributed by atoms with Crippen LogP contribution in [0.25, 0.3) is 5.76 Å². The molecule has 0 bridgehead atoms. The highest BCUT2D eigenvalue weighted by Crippen LogP contribution is 2.40. The molecule has 1 unspecified atom stereocenters. The molecule has 1 amide bonds. The highest BCUT2D eigenvalue weighted by Gasteiger charge is 2.45. The minimum atomic E-state index is -0.637. The van der Waals surface area contributed by atoms with E-state index in [1.807, 2.05) is 56.3 Å². The molecule has 0 saturated carbocycles. The van der Waals surface area contributed by atoms with Crippen LogP contribution in [0.3, 0.4) is 0 Å².